The zero-order chi connectivity index (χ0) is 23.7. The highest BCUT2D eigenvalue weighted by molar-refractivity contribution is 7.80. The fourth-order valence-corrected chi connectivity index (χ4v) is 3.34. The topological polar surface area (TPSA) is 97.0 Å². The molecule has 0 aliphatic carbocycles. The summed E-state index contributed by atoms with van der Waals surface area (Å²) < 4.78 is 11.0. The predicted molar refractivity (Wildman–Crippen MR) is 125 cm³/mol. The fourth-order valence-electron chi connectivity index (χ4n) is 3.03. The third-order valence-corrected chi connectivity index (χ3v) is 5.50. The number of hydrogen-bond donors (Lipinski definition) is 2. The summed E-state index contributed by atoms with van der Waals surface area (Å²) >= 11 is 5.39. The van der Waals surface area contributed by atoms with Gasteiger partial charge in [0.2, 0.25) is 5.91 Å². The van der Waals surface area contributed by atoms with Gasteiger partial charge in [-0.15, -0.1) is 0 Å². The Bertz CT molecular complexity index is 812. The number of nitrogens with one attached hydrogen (secondary N) is 2. The maximum atomic E-state index is 12.6. The Hall–Kier alpha value is -2.68. The van der Waals surface area contributed by atoms with Crippen LogP contribution >= 0.6 is 12.2 Å². The van der Waals surface area contributed by atoms with Crippen LogP contribution in [-0.4, -0.2) is 59.6 Å². The Morgan fingerprint density at radius 2 is 1.94 bits per heavy atom. The van der Waals surface area contributed by atoms with E-state index in [0.717, 1.165) is 12.8 Å². The average molecular weight is 464 g/mol. The predicted octanol–water partition coefficient (Wildman–Crippen LogP) is 2.66. The summed E-state index contributed by atoms with van der Waals surface area (Å²) in [4.78, 5) is 38.8. The number of rotatable bonds is 9. The molecule has 0 spiro atoms. The molecule has 2 N–H and O–H groups in total. The molecule has 1 aliphatic heterocycles. The summed E-state index contributed by atoms with van der Waals surface area (Å²) in [6.45, 7) is 9.15. The van der Waals surface area contributed by atoms with Gasteiger partial charge in [-0.2, -0.15) is 0 Å². The van der Waals surface area contributed by atoms with Gasteiger partial charge in [-0.25, -0.2) is 0 Å². The smallest absolute Gasteiger partial charge is 0.308 e. The van der Waals surface area contributed by atoms with Crippen LogP contribution in [0.25, 0.3) is 0 Å². The van der Waals surface area contributed by atoms with Gasteiger partial charge in [0.15, 0.2) is 5.11 Å². The quantitative estimate of drug-likeness (QED) is 0.429. The first-order valence-electron chi connectivity index (χ1n) is 11.0. The molecule has 1 aromatic carbocycles. The SMILES string of the molecule is CCC(C)Oc1ccc(C(=O)NC(=S)N2CCNC(=O)C2CC(=O)OCCC(C)C)cc1. The molecule has 2 amide bonds. The van der Waals surface area contributed by atoms with Gasteiger partial charge in [0.1, 0.15) is 11.8 Å². The molecular formula is C23H33N3O5S. The largest absolute Gasteiger partial charge is 0.491 e. The van der Waals surface area contributed by atoms with Crippen LogP contribution in [0.4, 0.5) is 0 Å². The van der Waals surface area contributed by atoms with Crippen LogP contribution in [0.2, 0.25) is 0 Å². The van der Waals surface area contributed by atoms with Crippen molar-refractivity contribution in [2.45, 2.75) is 59.1 Å². The second-order valence-electron chi connectivity index (χ2n) is 8.23. The van der Waals surface area contributed by atoms with Gasteiger partial charge in [0.25, 0.3) is 5.91 Å². The fraction of sp³-hybridized carbons (Fsp3) is 0.565. The number of carbonyl (C=O) groups excluding carboxylic acids is 3. The molecule has 176 valence electrons. The number of hydrogen-bond acceptors (Lipinski definition) is 6. The van der Waals surface area contributed by atoms with Gasteiger partial charge in [-0.05, 0) is 62.2 Å². The molecule has 0 aromatic heterocycles. The van der Waals surface area contributed by atoms with E-state index in [9.17, 15) is 14.4 Å². The second kappa shape index (κ2) is 12.4. The van der Waals surface area contributed by atoms with Crippen molar-refractivity contribution < 1.29 is 23.9 Å². The van der Waals surface area contributed by atoms with Gasteiger partial charge in [0.05, 0.1) is 19.1 Å². The van der Waals surface area contributed by atoms with E-state index in [0.29, 0.717) is 36.9 Å². The number of thiocarbonyl (C=S) groups is 1. The lowest BCUT2D eigenvalue weighted by Crippen LogP contribution is -2.60. The molecule has 2 unspecified atom stereocenters. The molecule has 1 fully saturated rings. The zero-order valence-corrected chi connectivity index (χ0v) is 20.0. The van der Waals surface area contributed by atoms with Crippen LogP contribution in [0.3, 0.4) is 0 Å². The van der Waals surface area contributed by atoms with Crippen LogP contribution in [0, 0.1) is 5.92 Å². The summed E-state index contributed by atoms with van der Waals surface area (Å²) in [5.74, 6) is -0.0868. The van der Waals surface area contributed by atoms with Crippen molar-refractivity contribution in [2.24, 2.45) is 5.92 Å². The van der Waals surface area contributed by atoms with E-state index in [-0.39, 0.29) is 23.5 Å². The van der Waals surface area contributed by atoms with E-state index >= 15 is 0 Å². The molecule has 2 atom stereocenters. The van der Waals surface area contributed by atoms with E-state index in [4.69, 9.17) is 21.7 Å². The van der Waals surface area contributed by atoms with Crippen molar-refractivity contribution in [3.05, 3.63) is 29.8 Å². The first-order valence-corrected chi connectivity index (χ1v) is 11.4. The van der Waals surface area contributed by atoms with E-state index in [1.54, 1.807) is 29.2 Å². The molecule has 1 aromatic rings. The Morgan fingerprint density at radius 3 is 2.56 bits per heavy atom. The molecule has 1 aliphatic rings. The van der Waals surface area contributed by atoms with Crippen LogP contribution in [0.5, 0.6) is 5.75 Å². The number of ether oxygens (including phenoxy) is 2. The molecule has 8 nitrogen and oxygen atoms in total. The highest BCUT2D eigenvalue weighted by Crippen LogP contribution is 2.16. The highest BCUT2D eigenvalue weighted by Gasteiger charge is 2.34. The number of esters is 1. The molecule has 0 saturated carbocycles. The summed E-state index contributed by atoms with van der Waals surface area (Å²) in [7, 11) is 0. The third kappa shape index (κ3) is 7.78. The Kier molecular flexibility index (Phi) is 9.90. The monoisotopic (exact) mass is 463 g/mol. The molecule has 32 heavy (non-hydrogen) atoms. The molecule has 9 heteroatoms. The Balaban J connectivity index is 1.97. The molecule has 1 saturated heterocycles. The van der Waals surface area contributed by atoms with E-state index in [1.165, 1.54) is 0 Å². The summed E-state index contributed by atoms with van der Waals surface area (Å²) in [6.07, 6.45) is 1.58. The number of carbonyl (C=O) groups is 3. The lowest BCUT2D eigenvalue weighted by atomic mass is 10.1. The van der Waals surface area contributed by atoms with Gasteiger partial charge in [-0.3, -0.25) is 19.7 Å². The number of piperazine rings is 1. The first kappa shape index (κ1) is 25.6. The van der Waals surface area contributed by atoms with Crippen molar-refractivity contribution in [1.82, 2.24) is 15.5 Å². The maximum absolute atomic E-state index is 12.6. The Morgan fingerprint density at radius 1 is 1.25 bits per heavy atom. The summed E-state index contributed by atoms with van der Waals surface area (Å²) in [6, 6.07) is 5.95. The van der Waals surface area contributed by atoms with Crippen molar-refractivity contribution in [1.29, 1.82) is 0 Å². The summed E-state index contributed by atoms with van der Waals surface area (Å²) in [5.41, 5.74) is 0.412. The van der Waals surface area contributed by atoms with Gasteiger partial charge in [-0.1, -0.05) is 20.8 Å². The van der Waals surface area contributed by atoms with Gasteiger partial charge < -0.3 is 19.7 Å². The number of amides is 2. The van der Waals surface area contributed by atoms with Crippen molar-refractivity contribution in [3.8, 4) is 5.75 Å². The highest BCUT2D eigenvalue weighted by atomic mass is 32.1. The van der Waals surface area contributed by atoms with Gasteiger partial charge in [0, 0.05) is 18.7 Å². The van der Waals surface area contributed by atoms with Crippen molar-refractivity contribution in [2.75, 3.05) is 19.7 Å². The van der Waals surface area contributed by atoms with Gasteiger partial charge >= 0.3 is 5.97 Å². The second-order valence-corrected chi connectivity index (χ2v) is 8.61. The van der Waals surface area contributed by atoms with Crippen molar-refractivity contribution >= 4 is 35.1 Å². The molecule has 0 radical (unpaired) electrons. The van der Waals surface area contributed by atoms with Crippen LogP contribution in [0.15, 0.2) is 24.3 Å². The third-order valence-electron chi connectivity index (χ3n) is 5.16. The first-order chi connectivity index (χ1) is 15.2. The molecule has 1 heterocycles. The molecule has 2 rings (SSSR count). The maximum Gasteiger partial charge on any atom is 0.308 e. The standard InChI is InChI=1S/C23H33N3O5S/c1-5-16(4)31-18-8-6-17(7-9-18)21(28)25-23(32)26-12-11-24-22(29)19(26)14-20(27)30-13-10-15(2)3/h6-9,15-16,19H,5,10-14H2,1-4H3,(H,24,29)(H,25,28,32). The number of benzene rings is 1. The molecule has 0 bridgehead atoms. The van der Waals surface area contributed by atoms with Crippen LogP contribution < -0.4 is 15.4 Å². The normalized spacial score (nSPS) is 16.8. The van der Waals surface area contributed by atoms with E-state index in [2.05, 4.69) is 10.6 Å². The zero-order valence-electron chi connectivity index (χ0n) is 19.2. The van der Waals surface area contributed by atoms with Crippen LogP contribution in [0.1, 0.15) is 57.3 Å². The Labute approximate surface area is 195 Å². The summed E-state index contributed by atoms with van der Waals surface area (Å²) in [5, 5.41) is 5.50. The minimum Gasteiger partial charge on any atom is -0.491 e. The van der Waals surface area contributed by atoms with Crippen LogP contribution in [-0.2, 0) is 14.3 Å². The van der Waals surface area contributed by atoms with E-state index in [1.807, 2.05) is 27.7 Å². The minimum absolute atomic E-state index is 0.0847. The average Bonchev–Trinajstić information content (AvgIpc) is 2.75. The van der Waals surface area contributed by atoms with E-state index < -0.39 is 17.9 Å². The number of nitrogens with zero attached hydrogens (tertiary/aromatic N) is 1. The van der Waals surface area contributed by atoms with Crippen molar-refractivity contribution in [3.63, 3.8) is 0 Å². The lowest BCUT2D eigenvalue weighted by Gasteiger charge is -2.36. The lowest BCUT2D eigenvalue weighted by molar-refractivity contribution is -0.147. The minimum atomic E-state index is -0.825. The molecular weight excluding hydrogens is 430 g/mol.